The minimum Gasteiger partial charge on any atom is -0.378 e. The summed E-state index contributed by atoms with van der Waals surface area (Å²) in [6.45, 7) is 2.59. The molecule has 1 heterocycles. The summed E-state index contributed by atoms with van der Waals surface area (Å²) in [5, 5.41) is 0.562. The highest BCUT2D eigenvalue weighted by atomic mass is 79.9. The Morgan fingerprint density at radius 1 is 1.56 bits per heavy atom. The second-order valence-electron chi connectivity index (χ2n) is 4.46. The van der Waals surface area contributed by atoms with E-state index in [1.165, 1.54) is 0 Å². The van der Waals surface area contributed by atoms with E-state index in [0.717, 1.165) is 16.6 Å². The van der Waals surface area contributed by atoms with Crippen molar-refractivity contribution in [3.8, 4) is 0 Å². The lowest BCUT2D eigenvalue weighted by molar-refractivity contribution is -0.123. The molecule has 2 atom stereocenters. The maximum atomic E-state index is 12.4. The lowest BCUT2D eigenvalue weighted by Gasteiger charge is -2.23. The fraction of sp³-hybridized carbons (Fsp3) is 0.462. The van der Waals surface area contributed by atoms with Crippen molar-refractivity contribution >= 4 is 39.1 Å². The summed E-state index contributed by atoms with van der Waals surface area (Å²) in [6, 6.07) is 5.50. The summed E-state index contributed by atoms with van der Waals surface area (Å²) < 4.78 is 6.33. The minimum atomic E-state index is -0.0743. The van der Waals surface area contributed by atoms with Gasteiger partial charge in [0.05, 0.1) is 22.7 Å². The largest absolute Gasteiger partial charge is 0.378 e. The van der Waals surface area contributed by atoms with Crippen LogP contribution in [0, 0.1) is 5.92 Å². The number of ether oxygens (including phenoxy) is 1. The molecule has 18 heavy (non-hydrogen) atoms. The average molecular weight is 333 g/mol. The van der Waals surface area contributed by atoms with E-state index in [-0.39, 0.29) is 17.9 Å². The Labute approximate surface area is 120 Å². The lowest BCUT2D eigenvalue weighted by Crippen LogP contribution is -2.36. The van der Waals surface area contributed by atoms with Crippen molar-refractivity contribution in [2.45, 2.75) is 19.4 Å². The summed E-state index contributed by atoms with van der Waals surface area (Å²) in [5.41, 5.74) is 0.726. The third-order valence-electron chi connectivity index (χ3n) is 3.30. The molecule has 0 radical (unpaired) electrons. The smallest absolute Gasteiger partial charge is 0.232 e. The first kappa shape index (κ1) is 13.8. The molecule has 1 amide bonds. The molecule has 3 nitrogen and oxygen atoms in total. The molecule has 0 spiro atoms. The zero-order valence-corrected chi connectivity index (χ0v) is 12.7. The minimum absolute atomic E-state index is 0.0193. The Hall–Kier alpha value is -0.580. The molecule has 1 aliphatic rings. The molecule has 0 aromatic heterocycles. The number of carbonyl (C=O) groups excluding carboxylic acids is 1. The van der Waals surface area contributed by atoms with Crippen molar-refractivity contribution in [2.75, 3.05) is 18.6 Å². The van der Waals surface area contributed by atoms with E-state index in [9.17, 15) is 4.79 Å². The van der Waals surface area contributed by atoms with Crippen molar-refractivity contribution < 1.29 is 9.53 Å². The first-order valence-electron chi connectivity index (χ1n) is 5.85. The average Bonchev–Trinajstić information content (AvgIpc) is 2.74. The lowest BCUT2D eigenvalue weighted by atomic mass is 10.0. The van der Waals surface area contributed by atoms with E-state index in [0.29, 0.717) is 11.6 Å². The van der Waals surface area contributed by atoms with Crippen molar-refractivity contribution in [3.05, 3.63) is 27.7 Å². The van der Waals surface area contributed by atoms with Gasteiger partial charge >= 0.3 is 0 Å². The van der Waals surface area contributed by atoms with Crippen LogP contribution in [-0.4, -0.2) is 25.7 Å². The van der Waals surface area contributed by atoms with Crippen molar-refractivity contribution in [1.29, 1.82) is 0 Å². The Morgan fingerprint density at radius 3 is 2.83 bits per heavy atom. The van der Waals surface area contributed by atoms with E-state index in [4.69, 9.17) is 16.3 Å². The summed E-state index contributed by atoms with van der Waals surface area (Å²) in [6.07, 6.45) is 0.757. The summed E-state index contributed by atoms with van der Waals surface area (Å²) in [4.78, 5) is 14.0. The van der Waals surface area contributed by atoms with E-state index < -0.39 is 0 Å². The van der Waals surface area contributed by atoms with Gasteiger partial charge in [-0.15, -0.1) is 0 Å². The van der Waals surface area contributed by atoms with Crippen LogP contribution in [0.5, 0.6) is 0 Å². The molecular weight excluding hydrogens is 318 g/mol. The molecule has 5 heteroatoms. The second kappa shape index (κ2) is 5.59. The normalized spacial score (nSPS) is 23.1. The number of amides is 1. The molecule has 1 fully saturated rings. The van der Waals surface area contributed by atoms with Crippen LogP contribution in [0.15, 0.2) is 22.7 Å². The zero-order valence-electron chi connectivity index (χ0n) is 10.3. The maximum absolute atomic E-state index is 12.4. The van der Waals surface area contributed by atoms with Gasteiger partial charge in [0.2, 0.25) is 5.91 Å². The highest BCUT2D eigenvalue weighted by Crippen LogP contribution is 2.31. The standard InChI is InChI=1S/C13H15BrClNO2/c1-8-10(5-6-18-8)13(17)16(2)12-4-3-9(14)7-11(12)15/h3-4,7-8,10H,5-6H2,1-2H3/t8-,10-/m1/s1. The summed E-state index contributed by atoms with van der Waals surface area (Å²) in [7, 11) is 1.75. The molecule has 1 aliphatic heterocycles. The summed E-state index contributed by atoms with van der Waals surface area (Å²) in [5.74, 6) is -0.0149. The van der Waals surface area contributed by atoms with Gasteiger partial charge in [-0.05, 0) is 31.5 Å². The fourth-order valence-corrected chi connectivity index (χ4v) is 2.98. The van der Waals surface area contributed by atoms with Crippen LogP contribution in [0.3, 0.4) is 0 Å². The molecule has 1 aromatic carbocycles. The third-order valence-corrected chi connectivity index (χ3v) is 4.09. The Bertz CT molecular complexity index is 466. The van der Waals surface area contributed by atoms with Crippen molar-refractivity contribution in [2.24, 2.45) is 5.92 Å². The number of hydrogen-bond donors (Lipinski definition) is 0. The van der Waals surface area contributed by atoms with Crippen LogP contribution in [0.2, 0.25) is 5.02 Å². The fourth-order valence-electron chi connectivity index (χ4n) is 2.18. The quantitative estimate of drug-likeness (QED) is 0.829. The highest BCUT2D eigenvalue weighted by molar-refractivity contribution is 9.10. The van der Waals surface area contributed by atoms with Gasteiger partial charge in [-0.1, -0.05) is 27.5 Å². The molecule has 0 bridgehead atoms. The predicted octanol–water partition coefficient (Wildman–Crippen LogP) is 3.49. The number of rotatable bonds is 2. The molecule has 1 saturated heterocycles. The molecule has 0 N–H and O–H groups in total. The van der Waals surface area contributed by atoms with Crippen LogP contribution in [0.4, 0.5) is 5.69 Å². The number of halogens is 2. The molecule has 98 valence electrons. The van der Waals surface area contributed by atoms with Gasteiger partial charge in [-0.25, -0.2) is 0 Å². The second-order valence-corrected chi connectivity index (χ2v) is 5.79. The third kappa shape index (κ3) is 2.71. The Kier molecular flexibility index (Phi) is 4.30. The number of anilines is 1. The van der Waals surface area contributed by atoms with Gasteiger partial charge in [0, 0.05) is 18.1 Å². The van der Waals surface area contributed by atoms with Crippen molar-refractivity contribution in [3.63, 3.8) is 0 Å². The monoisotopic (exact) mass is 331 g/mol. The number of nitrogens with zero attached hydrogens (tertiary/aromatic N) is 1. The number of benzene rings is 1. The Morgan fingerprint density at radius 2 is 2.28 bits per heavy atom. The van der Waals surface area contributed by atoms with E-state index >= 15 is 0 Å². The van der Waals surface area contributed by atoms with Gasteiger partial charge in [0.15, 0.2) is 0 Å². The first-order valence-corrected chi connectivity index (χ1v) is 7.02. The maximum Gasteiger partial charge on any atom is 0.232 e. The van der Waals surface area contributed by atoms with Gasteiger partial charge in [-0.2, -0.15) is 0 Å². The van der Waals surface area contributed by atoms with Gasteiger partial charge in [0.25, 0.3) is 0 Å². The van der Waals surface area contributed by atoms with Crippen LogP contribution < -0.4 is 4.90 Å². The predicted molar refractivity (Wildman–Crippen MR) is 76.1 cm³/mol. The Balaban J connectivity index is 2.20. The van der Waals surface area contributed by atoms with E-state index in [2.05, 4.69) is 15.9 Å². The molecular formula is C13H15BrClNO2. The molecule has 2 rings (SSSR count). The number of carbonyl (C=O) groups is 1. The van der Waals surface area contributed by atoms with E-state index in [1.807, 2.05) is 19.1 Å². The molecule has 0 saturated carbocycles. The van der Waals surface area contributed by atoms with Crippen LogP contribution >= 0.6 is 27.5 Å². The van der Waals surface area contributed by atoms with E-state index in [1.54, 1.807) is 18.0 Å². The highest BCUT2D eigenvalue weighted by Gasteiger charge is 2.33. The molecule has 1 aromatic rings. The zero-order chi connectivity index (χ0) is 13.3. The molecule has 0 unspecified atom stereocenters. The van der Waals surface area contributed by atoms with Crippen LogP contribution in [0.25, 0.3) is 0 Å². The van der Waals surface area contributed by atoms with Crippen LogP contribution in [-0.2, 0) is 9.53 Å². The van der Waals surface area contributed by atoms with Crippen LogP contribution in [0.1, 0.15) is 13.3 Å². The number of hydrogen-bond acceptors (Lipinski definition) is 2. The molecule has 0 aliphatic carbocycles. The topological polar surface area (TPSA) is 29.5 Å². The first-order chi connectivity index (χ1) is 8.50. The van der Waals surface area contributed by atoms with Gasteiger partial charge in [0.1, 0.15) is 0 Å². The van der Waals surface area contributed by atoms with Gasteiger partial charge < -0.3 is 9.64 Å². The summed E-state index contributed by atoms with van der Waals surface area (Å²) >= 11 is 9.51. The van der Waals surface area contributed by atoms with Crippen molar-refractivity contribution in [1.82, 2.24) is 0 Å². The SMILES string of the molecule is C[C@H]1OCC[C@H]1C(=O)N(C)c1ccc(Br)cc1Cl. The van der Waals surface area contributed by atoms with Gasteiger partial charge in [-0.3, -0.25) is 4.79 Å².